The van der Waals surface area contributed by atoms with Crippen LogP contribution in [0.1, 0.15) is 81.6 Å². The number of nitrogens with two attached hydrogens (primary N) is 2. The third-order valence-corrected chi connectivity index (χ3v) is 4.58. The molecule has 0 radical (unpaired) electrons. The minimum atomic E-state index is -0.626. The van der Waals surface area contributed by atoms with Crippen LogP contribution in [-0.2, 0) is 19.1 Å². The first-order valence-corrected chi connectivity index (χ1v) is 10.3. The predicted molar refractivity (Wildman–Crippen MR) is 114 cm³/mol. The van der Waals surface area contributed by atoms with Crippen LogP contribution < -0.4 is 11.5 Å². The molecule has 0 heterocycles. The zero-order chi connectivity index (χ0) is 22.3. The van der Waals surface area contributed by atoms with Gasteiger partial charge in [-0.3, -0.25) is 9.59 Å². The zero-order valence-electron chi connectivity index (χ0n) is 19.6. The smallest absolute Gasteiger partial charge is 0.311 e. The van der Waals surface area contributed by atoms with E-state index >= 15 is 0 Å². The van der Waals surface area contributed by atoms with Crippen LogP contribution in [0.5, 0.6) is 0 Å². The van der Waals surface area contributed by atoms with Crippen molar-refractivity contribution in [3.63, 3.8) is 0 Å². The number of rotatable bonds is 12. The van der Waals surface area contributed by atoms with Gasteiger partial charge in [-0.2, -0.15) is 0 Å². The van der Waals surface area contributed by atoms with Gasteiger partial charge in [-0.25, -0.2) is 0 Å². The SMILES string of the molecule is CC(N)CC(C)C(=O)OCC(C)(C)CC(C)COC(=O)C(C)(C)CC(C)(C)N. The highest BCUT2D eigenvalue weighted by Crippen LogP contribution is 2.30. The average molecular weight is 401 g/mol. The van der Waals surface area contributed by atoms with Crippen molar-refractivity contribution in [2.75, 3.05) is 13.2 Å². The summed E-state index contributed by atoms with van der Waals surface area (Å²) >= 11 is 0. The molecule has 3 atom stereocenters. The molecular weight excluding hydrogens is 356 g/mol. The Morgan fingerprint density at radius 1 is 0.964 bits per heavy atom. The summed E-state index contributed by atoms with van der Waals surface area (Å²) in [5.41, 5.74) is 10.5. The molecule has 0 aromatic carbocycles. The van der Waals surface area contributed by atoms with Crippen LogP contribution in [0.15, 0.2) is 0 Å². The average Bonchev–Trinajstić information content (AvgIpc) is 2.46. The van der Waals surface area contributed by atoms with E-state index in [4.69, 9.17) is 20.9 Å². The number of carbonyl (C=O) groups is 2. The molecule has 0 saturated heterocycles. The van der Waals surface area contributed by atoms with Crippen LogP contribution in [0.3, 0.4) is 0 Å². The van der Waals surface area contributed by atoms with E-state index in [-0.39, 0.29) is 35.2 Å². The summed E-state index contributed by atoms with van der Waals surface area (Å²) in [6.45, 7) is 18.1. The summed E-state index contributed by atoms with van der Waals surface area (Å²) in [7, 11) is 0. The number of ether oxygens (including phenoxy) is 2. The van der Waals surface area contributed by atoms with Gasteiger partial charge in [0.2, 0.25) is 0 Å². The first kappa shape index (κ1) is 26.9. The predicted octanol–water partition coefficient (Wildman–Crippen LogP) is 3.65. The fourth-order valence-corrected chi connectivity index (χ4v) is 3.75. The van der Waals surface area contributed by atoms with Crippen molar-refractivity contribution >= 4 is 11.9 Å². The van der Waals surface area contributed by atoms with E-state index in [0.717, 1.165) is 6.42 Å². The molecule has 0 rings (SSSR count). The van der Waals surface area contributed by atoms with E-state index in [2.05, 4.69) is 13.8 Å². The van der Waals surface area contributed by atoms with Crippen LogP contribution in [-0.4, -0.2) is 36.7 Å². The fraction of sp³-hybridized carbons (Fsp3) is 0.909. The van der Waals surface area contributed by atoms with Gasteiger partial charge < -0.3 is 20.9 Å². The number of carbonyl (C=O) groups excluding carboxylic acids is 2. The molecule has 6 nitrogen and oxygen atoms in total. The third kappa shape index (κ3) is 11.6. The first-order valence-electron chi connectivity index (χ1n) is 10.3. The lowest BCUT2D eigenvalue weighted by Crippen LogP contribution is -2.41. The van der Waals surface area contributed by atoms with Gasteiger partial charge in [-0.05, 0) is 65.2 Å². The molecule has 0 amide bonds. The summed E-state index contributed by atoms with van der Waals surface area (Å²) in [6.07, 6.45) is 1.94. The number of esters is 2. The first-order chi connectivity index (χ1) is 12.4. The van der Waals surface area contributed by atoms with Gasteiger partial charge in [0, 0.05) is 11.6 Å². The molecule has 4 N–H and O–H groups in total. The lowest BCUT2D eigenvalue weighted by Gasteiger charge is -2.31. The quantitative estimate of drug-likeness (QED) is 0.485. The van der Waals surface area contributed by atoms with Crippen LogP contribution in [0.25, 0.3) is 0 Å². The summed E-state index contributed by atoms with van der Waals surface area (Å²) in [6, 6.07) is -0.0284. The Morgan fingerprint density at radius 3 is 1.96 bits per heavy atom. The van der Waals surface area contributed by atoms with Crippen molar-refractivity contribution in [2.45, 2.75) is 93.2 Å². The maximum Gasteiger partial charge on any atom is 0.311 e. The van der Waals surface area contributed by atoms with Crippen molar-refractivity contribution in [3.05, 3.63) is 0 Å². The molecule has 0 saturated carbocycles. The minimum Gasteiger partial charge on any atom is -0.465 e. The number of hydrogen-bond acceptors (Lipinski definition) is 6. The summed E-state index contributed by atoms with van der Waals surface area (Å²) in [4.78, 5) is 24.5. The number of hydrogen-bond donors (Lipinski definition) is 2. The normalized spacial score (nSPS) is 16.2. The molecule has 0 aromatic heterocycles. The molecule has 0 fully saturated rings. The monoisotopic (exact) mass is 400 g/mol. The van der Waals surface area contributed by atoms with Crippen molar-refractivity contribution in [3.8, 4) is 0 Å². The minimum absolute atomic E-state index is 0.0284. The van der Waals surface area contributed by atoms with Crippen LogP contribution in [0.4, 0.5) is 0 Å². The van der Waals surface area contributed by atoms with Crippen LogP contribution in [0, 0.1) is 22.7 Å². The Hall–Kier alpha value is -1.14. The van der Waals surface area contributed by atoms with Gasteiger partial charge in [0.25, 0.3) is 0 Å². The van der Waals surface area contributed by atoms with Gasteiger partial charge in [-0.1, -0.05) is 27.7 Å². The van der Waals surface area contributed by atoms with Gasteiger partial charge in [0.05, 0.1) is 24.5 Å². The second-order valence-corrected chi connectivity index (χ2v) is 10.8. The standard InChI is InChI=1S/C22H44N2O4/c1-15(12-27-19(26)21(6,7)13-22(8,9)24)11-20(4,5)14-28-18(25)16(2)10-17(3)23/h15-17H,10-14,23-24H2,1-9H3. The molecule has 166 valence electrons. The van der Waals surface area contributed by atoms with Crippen molar-refractivity contribution in [1.29, 1.82) is 0 Å². The van der Waals surface area contributed by atoms with Crippen LogP contribution >= 0.6 is 0 Å². The van der Waals surface area contributed by atoms with Gasteiger partial charge in [0.15, 0.2) is 0 Å². The highest BCUT2D eigenvalue weighted by molar-refractivity contribution is 5.76. The molecule has 28 heavy (non-hydrogen) atoms. The van der Waals surface area contributed by atoms with E-state index in [1.807, 2.05) is 48.5 Å². The van der Waals surface area contributed by atoms with E-state index in [1.54, 1.807) is 0 Å². The van der Waals surface area contributed by atoms with Crippen molar-refractivity contribution in [1.82, 2.24) is 0 Å². The highest BCUT2D eigenvalue weighted by atomic mass is 16.5. The Balaban J connectivity index is 4.47. The lowest BCUT2D eigenvalue weighted by molar-refractivity contribution is -0.157. The Labute approximate surface area is 172 Å². The molecule has 0 spiro atoms. The summed E-state index contributed by atoms with van der Waals surface area (Å²) in [5.74, 6) is -0.494. The summed E-state index contributed by atoms with van der Waals surface area (Å²) < 4.78 is 11.0. The molecule has 3 unspecified atom stereocenters. The van der Waals surface area contributed by atoms with Crippen molar-refractivity contribution in [2.24, 2.45) is 34.1 Å². The largest absolute Gasteiger partial charge is 0.465 e. The third-order valence-electron chi connectivity index (χ3n) is 4.58. The molecule has 6 heteroatoms. The maximum absolute atomic E-state index is 12.4. The second kappa shape index (κ2) is 10.6. The fourth-order valence-electron chi connectivity index (χ4n) is 3.75. The van der Waals surface area contributed by atoms with E-state index in [9.17, 15) is 9.59 Å². The molecule has 0 aliphatic heterocycles. The van der Waals surface area contributed by atoms with E-state index in [0.29, 0.717) is 26.1 Å². The highest BCUT2D eigenvalue weighted by Gasteiger charge is 2.35. The van der Waals surface area contributed by atoms with Gasteiger partial charge >= 0.3 is 11.9 Å². The molecule has 0 aromatic rings. The lowest BCUT2D eigenvalue weighted by atomic mass is 9.80. The van der Waals surface area contributed by atoms with Gasteiger partial charge in [-0.15, -0.1) is 0 Å². The topological polar surface area (TPSA) is 105 Å². The molecule has 0 bridgehead atoms. The Kier molecular flexibility index (Phi) is 10.2. The maximum atomic E-state index is 12.4. The molecule has 0 aliphatic carbocycles. The van der Waals surface area contributed by atoms with Crippen molar-refractivity contribution < 1.29 is 19.1 Å². The second-order valence-electron chi connectivity index (χ2n) is 10.8. The Bertz CT molecular complexity index is 507. The van der Waals surface area contributed by atoms with Crippen LogP contribution in [0.2, 0.25) is 0 Å². The van der Waals surface area contributed by atoms with Gasteiger partial charge in [0.1, 0.15) is 0 Å². The van der Waals surface area contributed by atoms with E-state index in [1.165, 1.54) is 0 Å². The Morgan fingerprint density at radius 2 is 1.50 bits per heavy atom. The molecular formula is C22H44N2O4. The van der Waals surface area contributed by atoms with E-state index < -0.39 is 11.0 Å². The summed E-state index contributed by atoms with van der Waals surface area (Å²) in [5, 5.41) is 0. The zero-order valence-corrected chi connectivity index (χ0v) is 19.6. The molecule has 0 aliphatic rings.